The van der Waals surface area contributed by atoms with Gasteiger partial charge >= 0.3 is 0 Å². The fraction of sp³-hybridized carbons (Fsp3) is 0.583. The van der Waals surface area contributed by atoms with Gasteiger partial charge in [-0.25, -0.2) is 0 Å². The maximum Gasteiger partial charge on any atom is 0.0386 e. The van der Waals surface area contributed by atoms with E-state index in [1.807, 2.05) is 20.1 Å². The number of hydrogen-bond acceptors (Lipinski definition) is 1. The van der Waals surface area contributed by atoms with Crippen LogP contribution in [0.2, 0.25) is 0 Å². The van der Waals surface area contributed by atoms with Crippen molar-refractivity contribution in [2.45, 2.75) is 40.5 Å². The summed E-state index contributed by atoms with van der Waals surface area (Å²) in [4.78, 5) is 4.28. The molecule has 0 N–H and O–H groups in total. The fourth-order valence-electron chi connectivity index (χ4n) is 1.09. The summed E-state index contributed by atoms with van der Waals surface area (Å²) >= 11 is 0. The second-order valence-corrected chi connectivity index (χ2v) is 2.97. The van der Waals surface area contributed by atoms with E-state index in [1.54, 1.807) is 0 Å². The van der Waals surface area contributed by atoms with Crippen LogP contribution in [-0.4, -0.2) is 12.8 Å². The topological polar surface area (TPSA) is 12.4 Å². The van der Waals surface area contributed by atoms with Crippen LogP contribution in [0, 0.1) is 0 Å². The Balaban J connectivity index is 0.000000671. The SMILES string of the molecule is CC.CCCN=CC1=CC=C(C)C1. The Morgan fingerprint density at radius 2 is 2.08 bits per heavy atom. The Labute approximate surface area is 82.3 Å². The van der Waals surface area contributed by atoms with Gasteiger partial charge in [0, 0.05) is 12.8 Å². The molecule has 1 aliphatic rings. The van der Waals surface area contributed by atoms with Crippen LogP contribution in [-0.2, 0) is 0 Å². The lowest BCUT2D eigenvalue weighted by molar-refractivity contribution is 0.935. The predicted molar refractivity (Wildman–Crippen MR) is 61.5 cm³/mol. The summed E-state index contributed by atoms with van der Waals surface area (Å²) in [6, 6.07) is 0. The average Bonchev–Trinajstić information content (AvgIpc) is 2.56. The van der Waals surface area contributed by atoms with E-state index in [4.69, 9.17) is 0 Å². The third-order valence-electron chi connectivity index (χ3n) is 1.67. The summed E-state index contributed by atoms with van der Waals surface area (Å²) in [5.41, 5.74) is 2.78. The first kappa shape index (κ1) is 12.2. The molecule has 1 heteroatoms. The van der Waals surface area contributed by atoms with Gasteiger partial charge < -0.3 is 0 Å². The van der Waals surface area contributed by atoms with Gasteiger partial charge in [-0.2, -0.15) is 0 Å². The third kappa shape index (κ3) is 5.40. The average molecular weight is 179 g/mol. The molecule has 0 bridgehead atoms. The number of hydrogen-bond donors (Lipinski definition) is 0. The minimum Gasteiger partial charge on any atom is -0.293 e. The summed E-state index contributed by atoms with van der Waals surface area (Å²) in [5, 5.41) is 0. The van der Waals surface area contributed by atoms with Crippen molar-refractivity contribution in [1.82, 2.24) is 0 Å². The van der Waals surface area contributed by atoms with Crippen LogP contribution >= 0.6 is 0 Å². The molecule has 0 fully saturated rings. The van der Waals surface area contributed by atoms with Crippen molar-refractivity contribution in [1.29, 1.82) is 0 Å². The van der Waals surface area contributed by atoms with Gasteiger partial charge in [-0.3, -0.25) is 4.99 Å². The molecular formula is C12H21N. The Hall–Kier alpha value is -0.850. The van der Waals surface area contributed by atoms with Crippen LogP contribution in [0.5, 0.6) is 0 Å². The van der Waals surface area contributed by atoms with E-state index in [0.717, 1.165) is 19.4 Å². The molecule has 0 aromatic rings. The van der Waals surface area contributed by atoms with Gasteiger partial charge in [0.1, 0.15) is 0 Å². The highest BCUT2D eigenvalue weighted by Gasteiger charge is 1.99. The smallest absolute Gasteiger partial charge is 0.0386 e. The molecular weight excluding hydrogens is 158 g/mol. The van der Waals surface area contributed by atoms with Gasteiger partial charge in [-0.15, -0.1) is 0 Å². The normalized spacial score (nSPS) is 15.1. The molecule has 0 aromatic carbocycles. The lowest BCUT2D eigenvalue weighted by Crippen LogP contribution is -1.83. The molecule has 0 saturated carbocycles. The highest BCUT2D eigenvalue weighted by molar-refractivity contribution is 5.80. The molecule has 0 spiro atoms. The number of allylic oxidation sites excluding steroid dienone is 4. The van der Waals surface area contributed by atoms with Crippen molar-refractivity contribution in [2.75, 3.05) is 6.54 Å². The van der Waals surface area contributed by atoms with E-state index in [1.165, 1.54) is 11.1 Å². The predicted octanol–water partition coefficient (Wildman–Crippen LogP) is 3.77. The first-order valence-corrected chi connectivity index (χ1v) is 5.19. The van der Waals surface area contributed by atoms with E-state index >= 15 is 0 Å². The van der Waals surface area contributed by atoms with E-state index < -0.39 is 0 Å². The molecule has 0 amide bonds. The Morgan fingerprint density at radius 3 is 2.54 bits per heavy atom. The van der Waals surface area contributed by atoms with Crippen LogP contribution in [0.1, 0.15) is 40.5 Å². The van der Waals surface area contributed by atoms with E-state index in [2.05, 4.69) is 31.0 Å². The second kappa shape index (κ2) is 7.78. The summed E-state index contributed by atoms with van der Waals surface area (Å²) in [6.07, 6.45) is 8.53. The molecule has 0 aromatic heterocycles. The van der Waals surface area contributed by atoms with Gasteiger partial charge in [0.25, 0.3) is 0 Å². The Kier molecular flexibility index (Phi) is 7.27. The number of aliphatic imine (C=N–C) groups is 1. The van der Waals surface area contributed by atoms with Crippen molar-refractivity contribution in [3.63, 3.8) is 0 Å². The summed E-state index contributed by atoms with van der Waals surface area (Å²) in [7, 11) is 0. The quantitative estimate of drug-likeness (QED) is 0.585. The molecule has 74 valence electrons. The van der Waals surface area contributed by atoms with Gasteiger partial charge in [-0.05, 0) is 25.3 Å². The summed E-state index contributed by atoms with van der Waals surface area (Å²) in [5.74, 6) is 0. The molecule has 0 heterocycles. The lowest BCUT2D eigenvalue weighted by atomic mass is 10.2. The zero-order chi connectivity index (χ0) is 10.1. The number of nitrogens with zero attached hydrogens (tertiary/aromatic N) is 1. The van der Waals surface area contributed by atoms with Crippen molar-refractivity contribution in [2.24, 2.45) is 4.99 Å². The minimum absolute atomic E-state index is 0.955. The molecule has 1 aliphatic carbocycles. The maximum atomic E-state index is 4.28. The first-order valence-electron chi connectivity index (χ1n) is 5.19. The molecule has 0 atom stereocenters. The van der Waals surface area contributed by atoms with Crippen LogP contribution in [0.25, 0.3) is 0 Å². The highest BCUT2D eigenvalue weighted by atomic mass is 14.7. The van der Waals surface area contributed by atoms with E-state index in [0.29, 0.717) is 0 Å². The second-order valence-electron chi connectivity index (χ2n) is 2.97. The van der Waals surface area contributed by atoms with Gasteiger partial charge in [0.2, 0.25) is 0 Å². The van der Waals surface area contributed by atoms with Crippen molar-refractivity contribution in [3.05, 3.63) is 23.3 Å². The van der Waals surface area contributed by atoms with Crippen LogP contribution in [0.3, 0.4) is 0 Å². The Bertz CT molecular complexity index is 209. The molecule has 0 radical (unpaired) electrons. The molecule has 1 nitrogen and oxygen atoms in total. The van der Waals surface area contributed by atoms with Gasteiger partial charge in [-0.1, -0.05) is 38.5 Å². The Morgan fingerprint density at radius 1 is 1.38 bits per heavy atom. The van der Waals surface area contributed by atoms with E-state index in [-0.39, 0.29) is 0 Å². The molecule has 0 unspecified atom stereocenters. The fourth-order valence-corrected chi connectivity index (χ4v) is 1.09. The molecule has 13 heavy (non-hydrogen) atoms. The lowest BCUT2D eigenvalue weighted by Gasteiger charge is -1.92. The highest BCUT2D eigenvalue weighted by Crippen LogP contribution is 2.15. The zero-order valence-electron chi connectivity index (χ0n) is 9.30. The van der Waals surface area contributed by atoms with Crippen LogP contribution in [0.4, 0.5) is 0 Å². The van der Waals surface area contributed by atoms with Gasteiger partial charge in [0.05, 0.1) is 0 Å². The van der Waals surface area contributed by atoms with Gasteiger partial charge in [0.15, 0.2) is 0 Å². The number of rotatable bonds is 3. The maximum absolute atomic E-state index is 4.28. The summed E-state index contributed by atoms with van der Waals surface area (Å²) in [6.45, 7) is 9.25. The monoisotopic (exact) mass is 179 g/mol. The molecule has 0 aliphatic heterocycles. The van der Waals surface area contributed by atoms with Crippen LogP contribution in [0.15, 0.2) is 28.3 Å². The van der Waals surface area contributed by atoms with Crippen molar-refractivity contribution < 1.29 is 0 Å². The third-order valence-corrected chi connectivity index (χ3v) is 1.67. The molecule has 1 rings (SSSR count). The van der Waals surface area contributed by atoms with Crippen molar-refractivity contribution >= 4 is 6.21 Å². The first-order chi connectivity index (χ1) is 6.33. The van der Waals surface area contributed by atoms with Crippen LogP contribution < -0.4 is 0 Å². The largest absolute Gasteiger partial charge is 0.293 e. The standard InChI is InChI=1S/C10H15N.C2H6/c1-3-6-11-8-10-5-4-9(2)7-10;1-2/h4-5,8H,3,6-7H2,1-2H3;1-2H3. The molecule has 0 saturated heterocycles. The summed E-state index contributed by atoms with van der Waals surface area (Å²) < 4.78 is 0. The van der Waals surface area contributed by atoms with E-state index in [9.17, 15) is 0 Å². The zero-order valence-corrected chi connectivity index (χ0v) is 9.30. The van der Waals surface area contributed by atoms with Crippen molar-refractivity contribution in [3.8, 4) is 0 Å². The minimum atomic E-state index is 0.955.